The number of halogens is 1. The van der Waals surface area contributed by atoms with E-state index in [9.17, 15) is 0 Å². The number of alkyl halides is 1. The smallest absolute Gasteiger partial charge is 0.0189 e. The van der Waals surface area contributed by atoms with Gasteiger partial charge in [0.25, 0.3) is 0 Å². The van der Waals surface area contributed by atoms with E-state index in [1.54, 1.807) is 0 Å². The molecule has 1 heteroatoms. The summed E-state index contributed by atoms with van der Waals surface area (Å²) < 4.78 is 0. The molecular formula is C20H23Br. The van der Waals surface area contributed by atoms with E-state index < -0.39 is 0 Å². The molecule has 4 rings (SSSR count). The number of rotatable bonds is 4. The van der Waals surface area contributed by atoms with E-state index in [0.717, 1.165) is 24.2 Å². The minimum Gasteiger partial charge on any atom is -0.0887 e. The van der Waals surface area contributed by atoms with Gasteiger partial charge < -0.3 is 0 Å². The lowest BCUT2D eigenvalue weighted by Crippen LogP contribution is -2.16. The maximum absolute atomic E-state index is 3.98. The second kappa shape index (κ2) is 5.76. The van der Waals surface area contributed by atoms with Crippen molar-refractivity contribution in [1.82, 2.24) is 0 Å². The molecule has 2 aliphatic rings. The number of fused-ring (bicyclic) bond motifs is 3. The van der Waals surface area contributed by atoms with Gasteiger partial charge in [-0.2, -0.15) is 0 Å². The largest absolute Gasteiger partial charge is 0.0887 e. The molecule has 0 radical (unpaired) electrons. The first-order chi connectivity index (χ1) is 10.3. The van der Waals surface area contributed by atoms with E-state index in [2.05, 4.69) is 58.4 Å². The van der Waals surface area contributed by atoms with Crippen LogP contribution in [0.15, 0.2) is 42.5 Å². The van der Waals surface area contributed by atoms with Gasteiger partial charge in [0.05, 0.1) is 0 Å². The van der Waals surface area contributed by atoms with Gasteiger partial charge >= 0.3 is 0 Å². The van der Waals surface area contributed by atoms with Gasteiger partial charge in [0.2, 0.25) is 0 Å². The second-order valence-electron chi connectivity index (χ2n) is 7.11. The number of benzene rings is 2. The van der Waals surface area contributed by atoms with Gasteiger partial charge in [-0.3, -0.25) is 0 Å². The van der Waals surface area contributed by atoms with Crippen molar-refractivity contribution in [3.8, 4) is 0 Å². The Bertz CT molecular complexity index is 627. The molecule has 0 aromatic heterocycles. The van der Waals surface area contributed by atoms with Crippen molar-refractivity contribution in [2.45, 2.75) is 43.4 Å². The van der Waals surface area contributed by atoms with E-state index in [1.807, 2.05) is 0 Å². The minimum atomic E-state index is 0.632. The summed E-state index contributed by atoms with van der Waals surface area (Å²) in [7, 11) is 0. The molecule has 2 saturated carbocycles. The zero-order chi connectivity index (χ0) is 14.2. The quantitative estimate of drug-likeness (QED) is 0.600. The van der Waals surface area contributed by atoms with Crippen LogP contribution in [0.25, 0.3) is 10.8 Å². The van der Waals surface area contributed by atoms with Crippen LogP contribution in [0, 0.1) is 17.8 Å². The zero-order valence-corrected chi connectivity index (χ0v) is 14.1. The van der Waals surface area contributed by atoms with Gasteiger partial charge in [-0.1, -0.05) is 64.8 Å². The van der Waals surface area contributed by atoms with Crippen LogP contribution < -0.4 is 0 Å². The molecule has 2 aromatic rings. The molecule has 0 saturated heterocycles. The Labute approximate surface area is 136 Å². The van der Waals surface area contributed by atoms with Crippen molar-refractivity contribution in [3.05, 3.63) is 48.0 Å². The molecule has 21 heavy (non-hydrogen) atoms. The van der Waals surface area contributed by atoms with Gasteiger partial charge in [0, 0.05) is 4.83 Å². The fraction of sp³-hybridized carbons (Fsp3) is 0.500. The molecule has 2 aliphatic carbocycles. The van der Waals surface area contributed by atoms with Crippen molar-refractivity contribution < 1.29 is 0 Å². The summed E-state index contributed by atoms with van der Waals surface area (Å²) in [4.78, 5) is 0.632. The molecule has 0 N–H and O–H groups in total. The maximum atomic E-state index is 3.98. The van der Waals surface area contributed by atoms with E-state index in [1.165, 1.54) is 48.4 Å². The van der Waals surface area contributed by atoms with Crippen LogP contribution >= 0.6 is 15.9 Å². The summed E-state index contributed by atoms with van der Waals surface area (Å²) in [5.74, 6) is 3.10. The summed E-state index contributed by atoms with van der Waals surface area (Å²) in [5.41, 5.74) is 1.50. The molecule has 0 heterocycles. The number of hydrogen-bond acceptors (Lipinski definition) is 0. The molecule has 0 spiro atoms. The van der Waals surface area contributed by atoms with Crippen LogP contribution in [0.3, 0.4) is 0 Å². The summed E-state index contributed by atoms with van der Waals surface area (Å²) in [6.45, 7) is 0. The van der Waals surface area contributed by atoms with Gasteiger partial charge in [-0.25, -0.2) is 0 Å². The van der Waals surface area contributed by atoms with E-state index >= 15 is 0 Å². The highest BCUT2D eigenvalue weighted by Crippen LogP contribution is 2.50. The Morgan fingerprint density at radius 1 is 1.00 bits per heavy atom. The first kappa shape index (κ1) is 13.8. The Morgan fingerprint density at radius 2 is 1.86 bits per heavy atom. The van der Waals surface area contributed by atoms with Gasteiger partial charge in [-0.15, -0.1) is 0 Å². The lowest BCUT2D eigenvalue weighted by molar-refractivity contribution is 0.313. The predicted octanol–water partition coefficient (Wildman–Crippen LogP) is 5.97. The van der Waals surface area contributed by atoms with Gasteiger partial charge in [0.1, 0.15) is 0 Å². The summed E-state index contributed by atoms with van der Waals surface area (Å²) in [6, 6.07) is 15.5. The monoisotopic (exact) mass is 342 g/mol. The fourth-order valence-corrected chi connectivity index (χ4v) is 5.62. The summed E-state index contributed by atoms with van der Waals surface area (Å²) in [5, 5.41) is 2.80. The highest BCUT2D eigenvalue weighted by atomic mass is 79.9. The lowest BCUT2D eigenvalue weighted by Gasteiger charge is -2.24. The zero-order valence-electron chi connectivity index (χ0n) is 12.5. The molecule has 2 bridgehead atoms. The summed E-state index contributed by atoms with van der Waals surface area (Å²) >= 11 is 3.98. The molecule has 2 aromatic carbocycles. The maximum Gasteiger partial charge on any atom is 0.0189 e. The van der Waals surface area contributed by atoms with Crippen LogP contribution in [0.2, 0.25) is 0 Å². The van der Waals surface area contributed by atoms with Crippen molar-refractivity contribution in [1.29, 1.82) is 0 Å². The van der Waals surface area contributed by atoms with E-state index in [-0.39, 0.29) is 0 Å². The van der Waals surface area contributed by atoms with E-state index in [0.29, 0.717) is 4.83 Å². The van der Waals surface area contributed by atoms with E-state index in [4.69, 9.17) is 0 Å². The average Bonchev–Trinajstić information content (AvgIpc) is 3.10. The fourth-order valence-electron chi connectivity index (χ4n) is 4.79. The summed E-state index contributed by atoms with van der Waals surface area (Å²) in [6.07, 6.45) is 8.57. The normalized spacial score (nSPS) is 29.1. The molecule has 0 aliphatic heterocycles. The highest BCUT2D eigenvalue weighted by Gasteiger charge is 2.39. The first-order valence-electron chi connectivity index (χ1n) is 8.40. The Kier molecular flexibility index (Phi) is 3.79. The molecule has 0 nitrogen and oxygen atoms in total. The van der Waals surface area contributed by atoms with Crippen LogP contribution in [-0.4, -0.2) is 4.83 Å². The van der Waals surface area contributed by atoms with Gasteiger partial charge in [0.15, 0.2) is 0 Å². The third-order valence-corrected chi connectivity index (χ3v) is 6.46. The number of hydrogen-bond donors (Lipinski definition) is 0. The predicted molar refractivity (Wildman–Crippen MR) is 93.9 cm³/mol. The van der Waals surface area contributed by atoms with Crippen LogP contribution in [0.5, 0.6) is 0 Å². The highest BCUT2D eigenvalue weighted by molar-refractivity contribution is 9.09. The van der Waals surface area contributed by atoms with Crippen molar-refractivity contribution in [2.24, 2.45) is 17.8 Å². The average molecular weight is 343 g/mol. The van der Waals surface area contributed by atoms with Crippen molar-refractivity contribution in [2.75, 3.05) is 0 Å². The van der Waals surface area contributed by atoms with Crippen molar-refractivity contribution >= 4 is 26.7 Å². The standard InChI is InChI=1S/C20H23Br/c21-19(13-18-11-14-8-9-16(18)10-14)12-17-6-3-5-15-4-1-2-7-20(15)17/h1-7,14,16,18-19H,8-13H2. The molecule has 4 atom stereocenters. The Morgan fingerprint density at radius 3 is 2.67 bits per heavy atom. The third kappa shape index (κ3) is 2.77. The molecular weight excluding hydrogens is 320 g/mol. The van der Waals surface area contributed by atoms with Crippen LogP contribution in [0.1, 0.15) is 37.7 Å². The Balaban J connectivity index is 1.47. The Hall–Kier alpha value is -0.820. The van der Waals surface area contributed by atoms with Gasteiger partial charge in [-0.05, 0) is 66.2 Å². The molecule has 0 amide bonds. The molecule has 110 valence electrons. The SMILES string of the molecule is BrC(Cc1cccc2ccccc12)CC1CC2CCC1C2. The van der Waals surface area contributed by atoms with Crippen molar-refractivity contribution in [3.63, 3.8) is 0 Å². The molecule has 4 unspecified atom stereocenters. The lowest BCUT2D eigenvalue weighted by atomic mass is 9.84. The van der Waals surface area contributed by atoms with Crippen LogP contribution in [0.4, 0.5) is 0 Å². The third-order valence-electron chi connectivity index (χ3n) is 5.76. The second-order valence-corrected chi connectivity index (χ2v) is 8.41. The topological polar surface area (TPSA) is 0 Å². The minimum absolute atomic E-state index is 0.632. The molecule has 2 fully saturated rings. The van der Waals surface area contributed by atoms with Crippen LogP contribution in [-0.2, 0) is 6.42 Å². The first-order valence-corrected chi connectivity index (χ1v) is 9.32.